The number of nitrogens with one attached hydrogen (secondary N) is 2. The Kier molecular flexibility index (Phi) is 5.84. The van der Waals surface area contributed by atoms with Gasteiger partial charge in [0.1, 0.15) is 0 Å². The van der Waals surface area contributed by atoms with Gasteiger partial charge >= 0.3 is 0 Å². The van der Waals surface area contributed by atoms with Crippen molar-refractivity contribution >= 4 is 5.91 Å². The second kappa shape index (κ2) is 6.74. The zero-order valence-electron chi connectivity index (χ0n) is 13.4. The van der Waals surface area contributed by atoms with E-state index in [1.807, 2.05) is 0 Å². The van der Waals surface area contributed by atoms with Crippen molar-refractivity contribution in [2.45, 2.75) is 60.3 Å². The summed E-state index contributed by atoms with van der Waals surface area (Å²) in [5, 5.41) is 6.60. The molecular formula is C16H32N2O. The SMILES string of the molecule is CCCC1(C(=O)NCC(C)(C)C(C)C)CCNCC1. The lowest BCUT2D eigenvalue weighted by atomic mass is 9.74. The lowest BCUT2D eigenvalue weighted by Gasteiger charge is -2.38. The maximum atomic E-state index is 12.6. The van der Waals surface area contributed by atoms with E-state index in [0.29, 0.717) is 5.92 Å². The lowest BCUT2D eigenvalue weighted by molar-refractivity contribution is -0.133. The summed E-state index contributed by atoms with van der Waals surface area (Å²) < 4.78 is 0. The molecule has 1 saturated heterocycles. The van der Waals surface area contributed by atoms with Crippen molar-refractivity contribution in [3.8, 4) is 0 Å². The topological polar surface area (TPSA) is 41.1 Å². The summed E-state index contributed by atoms with van der Waals surface area (Å²) in [5.74, 6) is 0.854. The van der Waals surface area contributed by atoms with Crippen molar-refractivity contribution in [3.05, 3.63) is 0 Å². The van der Waals surface area contributed by atoms with Crippen LogP contribution < -0.4 is 10.6 Å². The molecule has 0 aliphatic carbocycles. The lowest BCUT2D eigenvalue weighted by Crippen LogP contribution is -2.49. The molecule has 0 aromatic rings. The summed E-state index contributed by atoms with van der Waals surface area (Å²) in [4.78, 5) is 12.6. The van der Waals surface area contributed by atoms with E-state index >= 15 is 0 Å². The molecule has 1 rings (SSSR count). The van der Waals surface area contributed by atoms with Crippen LogP contribution in [0.2, 0.25) is 0 Å². The Bertz CT molecular complexity index is 286. The Morgan fingerprint density at radius 2 is 1.89 bits per heavy atom. The van der Waals surface area contributed by atoms with Gasteiger partial charge in [0, 0.05) is 6.54 Å². The monoisotopic (exact) mass is 268 g/mol. The summed E-state index contributed by atoms with van der Waals surface area (Å²) in [6.45, 7) is 13.8. The minimum absolute atomic E-state index is 0.118. The molecule has 1 amide bonds. The highest BCUT2D eigenvalue weighted by molar-refractivity contribution is 5.82. The zero-order valence-corrected chi connectivity index (χ0v) is 13.4. The normalized spacial score (nSPS) is 19.5. The molecule has 1 heterocycles. The van der Waals surface area contributed by atoms with Gasteiger partial charge in [0.2, 0.25) is 5.91 Å². The zero-order chi connectivity index (χ0) is 14.5. The average molecular weight is 268 g/mol. The van der Waals surface area contributed by atoms with Crippen molar-refractivity contribution in [3.63, 3.8) is 0 Å². The standard InChI is InChI=1S/C16H32N2O/c1-6-7-16(8-10-17-11-9-16)14(19)18-12-15(4,5)13(2)3/h13,17H,6-12H2,1-5H3,(H,18,19). The van der Waals surface area contributed by atoms with Gasteiger partial charge in [-0.3, -0.25) is 4.79 Å². The van der Waals surface area contributed by atoms with Crippen LogP contribution in [-0.2, 0) is 4.79 Å². The molecule has 2 N–H and O–H groups in total. The largest absolute Gasteiger partial charge is 0.355 e. The number of hydrogen-bond acceptors (Lipinski definition) is 2. The third-order valence-electron chi connectivity index (χ3n) is 5.04. The van der Waals surface area contributed by atoms with Gasteiger partial charge in [-0.05, 0) is 43.7 Å². The summed E-state index contributed by atoms with van der Waals surface area (Å²) in [6, 6.07) is 0. The molecule has 1 aliphatic rings. The van der Waals surface area contributed by atoms with E-state index in [9.17, 15) is 4.79 Å². The number of hydrogen-bond donors (Lipinski definition) is 2. The molecule has 0 aromatic carbocycles. The van der Waals surface area contributed by atoms with Gasteiger partial charge in [-0.15, -0.1) is 0 Å². The maximum absolute atomic E-state index is 12.6. The summed E-state index contributed by atoms with van der Waals surface area (Å²) >= 11 is 0. The average Bonchev–Trinajstić information content (AvgIpc) is 2.37. The van der Waals surface area contributed by atoms with Crippen LogP contribution in [0.1, 0.15) is 60.3 Å². The van der Waals surface area contributed by atoms with Gasteiger partial charge in [-0.25, -0.2) is 0 Å². The molecular weight excluding hydrogens is 236 g/mol. The van der Waals surface area contributed by atoms with Gasteiger partial charge in [0.05, 0.1) is 5.41 Å². The first-order valence-electron chi connectivity index (χ1n) is 7.83. The first-order valence-corrected chi connectivity index (χ1v) is 7.83. The first-order chi connectivity index (χ1) is 8.84. The molecule has 0 radical (unpaired) electrons. The van der Waals surface area contributed by atoms with E-state index in [-0.39, 0.29) is 16.7 Å². The highest BCUT2D eigenvalue weighted by atomic mass is 16.2. The second-order valence-electron chi connectivity index (χ2n) is 7.11. The van der Waals surface area contributed by atoms with Gasteiger partial charge in [-0.2, -0.15) is 0 Å². The molecule has 0 spiro atoms. The van der Waals surface area contributed by atoms with Crippen molar-refractivity contribution in [1.82, 2.24) is 10.6 Å². The Hall–Kier alpha value is -0.570. The molecule has 0 saturated carbocycles. The van der Waals surface area contributed by atoms with E-state index < -0.39 is 0 Å². The van der Waals surface area contributed by atoms with Crippen LogP contribution in [0.4, 0.5) is 0 Å². The van der Waals surface area contributed by atoms with Crippen molar-refractivity contribution in [2.75, 3.05) is 19.6 Å². The van der Waals surface area contributed by atoms with Crippen molar-refractivity contribution < 1.29 is 4.79 Å². The Morgan fingerprint density at radius 1 is 1.32 bits per heavy atom. The highest BCUT2D eigenvalue weighted by Crippen LogP contribution is 2.35. The molecule has 3 nitrogen and oxygen atoms in total. The molecule has 0 unspecified atom stereocenters. The van der Waals surface area contributed by atoms with Gasteiger partial charge in [0.25, 0.3) is 0 Å². The van der Waals surface area contributed by atoms with E-state index in [1.54, 1.807) is 0 Å². The predicted octanol–water partition coefficient (Wildman–Crippen LogP) is 2.95. The van der Waals surface area contributed by atoms with Gasteiger partial charge in [-0.1, -0.05) is 41.0 Å². The van der Waals surface area contributed by atoms with Crippen LogP contribution in [0.5, 0.6) is 0 Å². The molecule has 0 atom stereocenters. The van der Waals surface area contributed by atoms with E-state index in [4.69, 9.17) is 0 Å². The maximum Gasteiger partial charge on any atom is 0.226 e. The van der Waals surface area contributed by atoms with Gasteiger partial charge in [0.15, 0.2) is 0 Å². The fraction of sp³-hybridized carbons (Fsp3) is 0.938. The molecule has 112 valence electrons. The second-order valence-corrected chi connectivity index (χ2v) is 7.11. The van der Waals surface area contributed by atoms with E-state index in [1.165, 1.54) is 0 Å². The van der Waals surface area contributed by atoms with Gasteiger partial charge < -0.3 is 10.6 Å². The number of carbonyl (C=O) groups excluding carboxylic acids is 1. The van der Waals surface area contributed by atoms with Crippen LogP contribution >= 0.6 is 0 Å². The Morgan fingerprint density at radius 3 is 2.37 bits per heavy atom. The third kappa shape index (κ3) is 4.20. The third-order valence-corrected chi connectivity index (χ3v) is 5.04. The summed E-state index contributed by atoms with van der Waals surface area (Å²) in [6.07, 6.45) is 4.06. The van der Waals surface area contributed by atoms with Crippen molar-refractivity contribution in [1.29, 1.82) is 0 Å². The Labute approximate surface area is 118 Å². The van der Waals surface area contributed by atoms with Crippen LogP contribution in [0.15, 0.2) is 0 Å². The Balaban J connectivity index is 2.63. The molecule has 19 heavy (non-hydrogen) atoms. The fourth-order valence-corrected chi connectivity index (χ4v) is 2.67. The molecule has 3 heteroatoms. The van der Waals surface area contributed by atoms with Crippen LogP contribution in [0.3, 0.4) is 0 Å². The highest BCUT2D eigenvalue weighted by Gasteiger charge is 2.39. The minimum Gasteiger partial charge on any atom is -0.355 e. The summed E-state index contributed by atoms with van der Waals surface area (Å²) in [7, 11) is 0. The van der Waals surface area contributed by atoms with E-state index in [2.05, 4.69) is 45.3 Å². The predicted molar refractivity (Wildman–Crippen MR) is 81.1 cm³/mol. The van der Waals surface area contributed by atoms with Crippen LogP contribution in [-0.4, -0.2) is 25.5 Å². The van der Waals surface area contributed by atoms with Crippen LogP contribution in [0, 0.1) is 16.7 Å². The van der Waals surface area contributed by atoms with E-state index in [0.717, 1.165) is 45.3 Å². The number of carbonyl (C=O) groups is 1. The quantitative estimate of drug-likeness (QED) is 0.777. The van der Waals surface area contributed by atoms with Crippen molar-refractivity contribution in [2.24, 2.45) is 16.7 Å². The fourth-order valence-electron chi connectivity index (χ4n) is 2.67. The number of piperidine rings is 1. The number of amides is 1. The number of rotatable bonds is 6. The molecule has 1 aliphatic heterocycles. The molecule has 0 aromatic heterocycles. The first kappa shape index (κ1) is 16.5. The smallest absolute Gasteiger partial charge is 0.226 e. The molecule has 0 bridgehead atoms. The minimum atomic E-state index is -0.118. The summed E-state index contributed by atoms with van der Waals surface area (Å²) in [5.41, 5.74) is 0.0447. The van der Waals surface area contributed by atoms with Crippen LogP contribution in [0.25, 0.3) is 0 Å². The molecule has 1 fully saturated rings.